The molecule has 4 heteroatoms. The number of rotatable bonds is 6. The Balaban J connectivity index is 0.992. The van der Waals surface area contributed by atoms with Crippen molar-refractivity contribution in [1.29, 1.82) is 0 Å². The summed E-state index contributed by atoms with van der Waals surface area (Å²) >= 11 is 3.75. The van der Waals surface area contributed by atoms with E-state index in [2.05, 4.69) is 216 Å². The number of hydrogen-bond donors (Lipinski definition) is 1. The van der Waals surface area contributed by atoms with Gasteiger partial charge in [0.15, 0.2) is 0 Å². The highest BCUT2D eigenvalue weighted by Gasteiger charge is 2.32. The lowest BCUT2D eigenvalue weighted by Crippen LogP contribution is -2.22. The van der Waals surface area contributed by atoms with Crippen LogP contribution < -0.4 is 10.2 Å². The summed E-state index contributed by atoms with van der Waals surface area (Å²) in [4.78, 5) is 7.53. The van der Waals surface area contributed by atoms with Gasteiger partial charge >= 0.3 is 0 Å². The highest BCUT2D eigenvalue weighted by molar-refractivity contribution is 7.24. The first-order valence-electron chi connectivity index (χ1n) is 20.1. The van der Waals surface area contributed by atoms with E-state index in [1.165, 1.54) is 102 Å². The van der Waals surface area contributed by atoms with Crippen molar-refractivity contribution in [2.24, 2.45) is 0 Å². The summed E-state index contributed by atoms with van der Waals surface area (Å²) < 4.78 is 0. The van der Waals surface area contributed by atoms with E-state index >= 15 is 0 Å². The molecule has 1 atom stereocenters. The van der Waals surface area contributed by atoms with Gasteiger partial charge in [-0.05, 0) is 138 Å². The molecule has 0 saturated heterocycles. The summed E-state index contributed by atoms with van der Waals surface area (Å²) in [5, 5.41) is 13.9. The Labute approximate surface area is 350 Å². The van der Waals surface area contributed by atoms with Gasteiger partial charge in [-0.2, -0.15) is 0 Å². The second-order valence-corrected chi connectivity index (χ2v) is 17.5. The molecule has 0 radical (unpaired) electrons. The lowest BCUT2D eigenvalue weighted by atomic mass is 9.84. The van der Waals surface area contributed by atoms with Crippen LogP contribution in [0.4, 0.5) is 17.1 Å². The minimum atomic E-state index is 0.0219. The van der Waals surface area contributed by atoms with Gasteiger partial charge < -0.3 is 10.2 Å². The van der Waals surface area contributed by atoms with Crippen molar-refractivity contribution in [3.05, 3.63) is 211 Å². The van der Waals surface area contributed by atoms with Crippen LogP contribution in [0.3, 0.4) is 0 Å². The number of hydrogen-bond acceptors (Lipinski definition) is 4. The van der Waals surface area contributed by atoms with E-state index in [0.717, 1.165) is 5.69 Å². The smallest absolute Gasteiger partial charge is 0.139 e. The van der Waals surface area contributed by atoms with Crippen molar-refractivity contribution >= 4 is 82.8 Å². The summed E-state index contributed by atoms with van der Waals surface area (Å²) in [5.74, 6) is 0. The average Bonchev–Trinajstić information content (AvgIpc) is 4.08. The zero-order valence-electron chi connectivity index (χ0n) is 32.0. The molecule has 1 aliphatic rings. The number of benzene rings is 9. The quantitative estimate of drug-likeness (QED) is 0.169. The van der Waals surface area contributed by atoms with Gasteiger partial charge in [-0.1, -0.05) is 140 Å². The van der Waals surface area contributed by atoms with Gasteiger partial charge in [-0.3, -0.25) is 0 Å². The van der Waals surface area contributed by atoms with E-state index in [1.54, 1.807) is 0 Å². The van der Waals surface area contributed by atoms with Crippen molar-refractivity contribution in [1.82, 2.24) is 0 Å². The summed E-state index contributed by atoms with van der Waals surface area (Å²) in [6.07, 6.45) is 0.0219. The van der Waals surface area contributed by atoms with E-state index in [9.17, 15) is 0 Å². The first-order chi connectivity index (χ1) is 29.2. The van der Waals surface area contributed by atoms with E-state index in [0.29, 0.717) is 0 Å². The highest BCUT2D eigenvalue weighted by Crippen LogP contribution is 2.50. The lowest BCUT2D eigenvalue weighted by Gasteiger charge is -2.26. The first kappa shape index (κ1) is 34.1. The monoisotopic (exact) mass is 788 g/mol. The largest absolute Gasteiger partial charge is 0.359 e. The maximum Gasteiger partial charge on any atom is 0.139 e. The molecule has 0 saturated carbocycles. The summed E-state index contributed by atoms with van der Waals surface area (Å²) in [6.45, 7) is 0. The van der Waals surface area contributed by atoms with Crippen molar-refractivity contribution in [3.63, 3.8) is 0 Å². The molecule has 3 heterocycles. The van der Waals surface area contributed by atoms with E-state index in [4.69, 9.17) is 0 Å². The molecule has 59 heavy (non-hydrogen) atoms. The van der Waals surface area contributed by atoms with Crippen molar-refractivity contribution in [2.75, 3.05) is 10.2 Å². The van der Waals surface area contributed by atoms with Gasteiger partial charge in [0.05, 0.1) is 11.4 Å². The fourth-order valence-electron chi connectivity index (χ4n) is 9.13. The van der Waals surface area contributed by atoms with E-state index < -0.39 is 0 Å². The van der Waals surface area contributed by atoms with E-state index in [-0.39, 0.29) is 6.17 Å². The van der Waals surface area contributed by atoms with Gasteiger partial charge in [-0.15, -0.1) is 22.7 Å². The van der Waals surface area contributed by atoms with Crippen LogP contribution >= 0.6 is 22.7 Å². The van der Waals surface area contributed by atoms with E-state index in [1.807, 2.05) is 22.7 Å². The van der Waals surface area contributed by atoms with Crippen molar-refractivity contribution in [2.45, 2.75) is 6.17 Å². The Bertz CT molecular complexity index is 3390. The molecule has 2 nitrogen and oxygen atoms in total. The predicted octanol–water partition coefficient (Wildman–Crippen LogP) is 16.4. The fraction of sp³-hybridized carbons (Fsp3) is 0.0182. The minimum absolute atomic E-state index is 0.0219. The molecule has 2 aromatic heterocycles. The molecular formula is C55H36N2S2. The van der Waals surface area contributed by atoms with Crippen LogP contribution in [-0.2, 0) is 0 Å². The maximum atomic E-state index is 3.82. The summed E-state index contributed by atoms with van der Waals surface area (Å²) in [7, 11) is 0. The zero-order chi connectivity index (χ0) is 38.9. The Kier molecular flexibility index (Phi) is 8.00. The molecular weight excluding hydrogens is 753 g/mol. The third-order valence-corrected chi connectivity index (χ3v) is 14.3. The Morgan fingerprint density at radius 2 is 0.915 bits per heavy atom. The van der Waals surface area contributed by atoms with Crippen LogP contribution in [0.1, 0.15) is 11.0 Å². The maximum absolute atomic E-state index is 3.82. The number of nitrogens with one attached hydrogen (secondary N) is 1. The standard InChI is InChI=1S/C55H36N2S2/c1-2-16-42(17-3-1)57-48-21-11-10-20-47(48)56-55(57)52-31-30-51(59-52)50-29-28-49(58-50)39-26-27-45-46(34-39)54(41-25-23-36-13-5-7-15-38(36)33-41)44-19-9-8-18-43(44)53(45)40-24-22-35-12-4-6-14-37(35)32-40/h1-34,55-56H. The zero-order valence-corrected chi connectivity index (χ0v) is 33.6. The Hall–Kier alpha value is -6.98. The lowest BCUT2D eigenvalue weighted by molar-refractivity contribution is 0.847. The second kappa shape index (κ2) is 13.8. The highest BCUT2D eigenvalue weighted by atomic mass is 32.1. The molecule has 278 valence electrons. The Morgan fingerprint density at radius 1 is 0.373 bits per heavy atom. The molecule has 0 spiro atoms. The third kappa shape index (κ3) is 5.75. The summed E-state index contributed by atoms with van der Waals surface area (Å²) in [5.41, 5.74) is 9.80. The molecule has 9 aromatic carbocycles. The molecule has 0 fully saturated rings. The number of thiophene rings is 2. The number of anilines is 3. The molecule has 1 aliphatic heterocycles. The number of para-hydroxylation sites is 3. The second-order valence-electron chi connectivity index (χ2n) is 15.3. The van der Waals surface area contributed by atoms with Crippen LogP contribution in [0.25, 0.3) is 85.5 Å². The molecule has 11 aromatic rings. The van der Waals surface area contributed by atoms with Crippen LogP contribution in [0.15, 0.2) is 206 Å². The number of fused-ring (bicyclic) bond motifs is 5. The normalized spacial score (nSPS) is 13.7. The van der Waals surface area contributed by atoms with Crippen LogP contribution in [0.5, 0.6) is 0 Å². The molecule has 12 rings (SSSR count). The third-order valence-electron chi connectivity index (χ3n) is 11.9. The fourth-order valence-corrected chi connectivity index (χ4v) is 11.3. The predicted molar refractivity (Wildman–Crippen MR) is 255 cm³/mol. The van der Waals surface area contributed by atoms with Crippen LogP contribution in [-0.4, -0.2) is 0 Å². The molecule has 1 unspecified atom stereocenters. The molecule has 0 aliphatic carbocycles. The van der Waals surface area contributed by atoms with Crippen molar-refractivity contribution in [3.8, 4) is 42.4 Å². The average molecular weight is 789 g/mol. The number of nitrogens with zero attached hydrogens (tertiary/aromatic N) is 1. The first-order valence-corrected chi connectivity index (χ1v) is 21.7. The summed E-state index contributed by atoms with van der Waals surface area (Å²) in [6, 6.07) is 75.9. The SMILES string of the molecule is c1ccc(N2c3ccccc3NC2c2ccc(-c3ccc(-c4ccc5c(-c6ccc7ccccc7c6)c6ccccc6c(-c6ccc7ccccc7c6)c5c4)s3)s2)cc1. The van der Waals surface area contributed by atoms with Crippen molar-refractivity contribution < 1.29 is 0 Å². The molecule has 0 bridgehead atoms. The minimum Gasteiger partial charge on any atom is -0.359 e. The Morgan fingerprint density at radius 3 is 1.64 bits per heavy atom. The van der Waals surface area contributed by atoms with Gasteiger partial charge in [0.2, 0.25) is 0 Å². The van der Waals surface area contributed by atoms with Crippen LogP contribution in [0, 0.1) is 0 Å². The van der Waals surface area contributed by atoms with Gasteiger partial charge in [0, 0.05) is 25.2 Å². The van der Waals surface area contributed by atoms with Gasteiger partial charge in [-0.25, -0.2) is 0 Å². The molecule has 1 N–H and O–H groups in total. The van der Waals surface area contributed by atoms with Gasteiger partial charge in [0.25, 0.3) is 0 Å². The molecule has 0 amide bonds. The topological polar surface area (TPSA) is 15.3 Å². The van der Waals surface area contributed by atoms with Crippen LogP contribution in [0.2, 0.25) is 0 Å². The van der Waals surface area contributed by atoms with Gasteiger partial charge in [0.1, 0.15) is 6.17 Å².